The lowest BCUT2D eigenvalue weighted by atomic mass is 9.96. The van der Waals surface area contributed by atoms with Gasteiger partial charge < -0.3 is 15.0 Å². The average Bonchev–Trinajstić information content (AvgIpc) is 4.14. The number of benzene rings is 4. The lowest BCUT2D eigenvalue weighted by molar-refractivity contribution is 1.31. The number of nitrogens with one attached hydrogen (secondary N) is 3. The number of rotatable bonds is 6. The summed E-state index contributed by atoms with van der Waals surface area (Å²) in [4.78, 5) is 26.8. The van der Waals surface area contributed by atoms with E-state index in [4.69, 9.17) is 9.97 Å². The molecule has 0 spiro atoms. The highest BCUT2D eigenvalue weighted by molar-refractivity contribution is 6.00. The van der Waals surface area contributed by atoms with Gasteiger partial charge in [-0.25, -0.2) is 9.97 Å². The molecule has 0 saturated carbocycles. The Bertz CT molecular complexity index is 3260. The minimum atomic E-state index is 0.869. The zero-order chi connectivity index (χ0) is 40.9. The molecule has 290 valence electrons. The standard InChI is InChI=1S/C55H40N6/c1-34-12-16-37(17-13-34)53-45-26-24-43(58-45)52(36-8-4-3-5-9-36)44-25-27-46(59-44)54(38-18-14-35(2)15-19-38)48-29-31-50(61-48)55(49-30-28-47(53)60-49)40-22-20-39(21-23-40)51(41-10-6-32-56-41)42-11-7-33-57-42/h3-33,56,58,61H,1-2H3/b51-42+,52-43?,52-44?,53-45?,53-47?,54-46?,54-48?,55-49?,55-50?. The molecule has 0 amide bonds. The highest BCUT2D eigenvalue weighted by atomic mass is 14.8. The third-order valence-electron chi connectivity index (χ3n) is 11.6. The van der Waals surface area contributed by atoms with Crippen LogP contribution in [0.15, 0.2) is 169 Å². The number of aliphatic imine (C=N–C) groups is 1. The van der Waals surface area contributed by atoms with E-state index < -0.39 is 0 Å². The van der Waals surface area contributed by atoms with Crippen LogP contribution in [0.3, 0.4) is 0 Å². The van der Waals surface area contributed by atoms with E-state index in [2.05, 4.69) is 198 Å². The molecule has 7 heterocycles. The van der Waals surface area contributed by atoms with Gasteiger partial charge in [-0.15, -0.1) is 0 Å². The van der Waals surface area contributed by atoms with Gasteiger partial charge in [-0.05, 0) is 115 Å². The molecule has 6 heteroatoms. The summed E-state index contributed by atoms with van der Waals surface area (Å²) >= 11 is 0. The Morgan fingerprint density at radius 1 is 0.426 bits per heavy atom. The lowest BCUT2D eigenvalue weighted by Gasteiger charge is -2.11. The van der Waals surface area contributed by atoms with Gasteiger partial charge in [-0.3, -0.25) is 4.99 Å². The molecule has 8 aromatic rings. The molecule has 3 aliphatic heterocycles. The van der Waals surface area contributed by atoms with Crippen molar-refractivity contribution in [1.29, 1.82) is 0 Å². The van der Waals surface area contributed by atoms with Crippen LogP contribution in [0, 0.1) is 13.8 Å². The lowest BCUT2D eigenvalue weighted by Crippen LogP contribution is -1.93. The molecular weight excluding hydrogens is 745 g/mol. The zero-order valence-electron chi connectivity index (χ0n) is 33.7. The Kier molecular flexibility index (Phi) is 8.82. The van der Waals surface area contributed by atoms with Crippen LogP contribution < -0.4 is 0 Å². The van der Waals surface area contributed by atoms with E-state index in [0.717, 1.165) is 112 Å². The minimum absolute atomic E-state index is 0.869. The Morgan fingerprint density at radius 2 is 0.869 bits per heavy atom. The normalized spacial score (nSPS) is 13.7. The predicted molar refractivity (Wildman–Crippen MR) is 255 cm³/mol. The average molecular weight is 785 g/mol. The number of fused-ring (bicyclic) bond motifs is 8. The van der Waals surface area contributed by atoms with Gasteiger partial charge in [0.1, 0.15) is 0 Å². The molecule has 61 heavy (non-hydrogen) atoms. The number of hydrogen-bond donors (Lipinski definition) is 3. The van der Waals surface area contributed by atoms with E-state index in [0.29, 0.717) is 0 Å². The Morgan fingerprint density at radius 3 is 1.28 bits per heavy atom. The first-order chi connectivity index (χ1) is 30.0. The molecule has 3 N–H and O–H groups in total. The van der Waals surface area contributed by atoms with Gasteiger partial charge in [0.05, 0.1) is 28.5 Å². The summed E-state index contributed by atoms with van der Waals surface area (Å²) in [5, 5.41) is 0. The molecule has 0 aliphatic carbocycles. The summed E-state index contributed by atoms with van der Waals surface area (Å²) in [6, 6.07) is 49.5. The number of aromatic nitrogens is 5. The molecular formula is C55H40N6. The predicted octanol–water partition coefficient (Wildman–Crippen LogP) is 13.7. The second-order valence-corrected chi connectivity index (χ2v) is 15.7. The monoisotopic (exact) mass is 784 g/mol. The van der Waals surface area contributed by atoms with Crippen molar-refractivity contribution in [2.45, 2.75) is 13.8 Å². The van der Waals surface area contributed by atoms with Gasteiger partial charge >= 0.3 is 0 Å². The molecule has 4 aromatic heterocycles. The molecule has 4 aromatic carbocycles. The van der Waals surface area contributed by atoms with E-state index in [-0.39, 0.29) is 0 Å². The summed E-state index contributed by atoms with van der Waals surface area (Å²) in [6.07, 6.45) is 16.4. The number of hydrogen-bond acceptors (Lipinski definition) is 3. The van der Waals surface area contributed by atoms with Gasteiger partial charge in [0.2, 0.25) is 0 Å². The van der Waals surface area contributed by atoms with E-state index in [1.54, 1.807) is 0 Å². The Labute approximate surface area is 353 Å². The van der Waals surface area contributed by atoms with Crippen molar-refractivity contribution in [3.8, 4) is 44.5 Å². The molecule has 0 saturated heterocycles. The highest BCUT2D eigenvalue weighted by Gasteiger charge is 2.20. The molecule has 0 fully saturated rings. The molecule has 0 atom stereocenters. The Balaban J connectivity index is 1.23. The van der Waals surface area contributed by atoms with Crippen molar-refractivity contribution in [1.82, 2.24) is 24.9 Å². The van der Waals surface area contributed by atoms with Crippen molar-refractivity contribution in [2.75, 3.05) is 0 Å². The first-order valence-corrected chi connectivity index (χ1v) is 20.6. The smallest absolute Gasteiger partial charge is 0.0737 e. The maximum Gasteiger partial charge on any atom is 0.0737 e. The van der Waals surface area contributed by atoms with Gasteiger partial charge in [0.15, 0.2) is 0 Å². The third-order valence-corrected chi connectivity index (χ3v) is 11.6. The fourth-order valence-corrected chi connectivity index (χ4v) is 8.64. The first-order valence-electron chi connectivity index (χ1n) is 20.6. The SMILES string of the molecule is Cc1ccc(-c2c3nc(c(-c4ccc(/C(=C5/C=CC=N5)c5ccc[nH]5)cc4)c4ccc([nH]4)c(-c4ccc(C)cc4)c4nc(c(-c5ccccc5)c5ccc2[nH]5)C=C4)C=C3)cc1. The Hall–Kier alpha value is -8.09. The maximum atomic E-state index is 5.50. The summed E-state index contributed by atoms with van der Waals surface area (Å²) in [7, 11) is 0. The zero-order valence-corrected chi connectivity index (χ0v) is 33.7. The number of H-pyrrole nitrogens is 3. The van der Waals surface area contributed by atoms with Crippen LogP contribution in [0.4, 0.5) is 0 Å². The fraction of sp³-hybridized carbons (Fsp3) is 0.0364. The van der Waals surface area contributed by atoms with Crippen molar-refractivity contribution in [2.24, 2.45) is 4.99 Å². The molecule has 3 aliphatic rings. The van der Waals surface area contributed by atoms with Gasteiger partial charge in [-0.2, -0.15) is 0 Å². The molecule has 0 unspecified atom stereocenters. The summed E-state index contributed by atoms with van der Waals surface area (Å²) in [5.74, 6) is 0. The van der Waals surface area contributed by atoms with Gasteiger partial charge in [0, 0.05) is 68.0 Å². The highest BCUT2D eigenvalue weighted by Crippen LogP contribution is 2.39. The van der Waals surface area contributed by atoms with Crippen LogP contribution >= 0.6 is 0 Å². The molecule has 11 rings (SSSR count). The maximum absolute atomic E-state index is 5.50. The van der Waals surface area contributed by atoms with Crippen molar-refractivity contribution < 1.29 is 0 Å². The van der Waals surface area contributed by atoms with Crippen LogP contribution in [0.1, 0.15) is 45.2 Å². The van der Waals surface area contributed by atoms with Crippen molar-refractivity contribution >= 4 is 58.2 Å². The summed E-state index contributed by atoms with van der Waals surface area (Å²) < 4.78 is 0. The minimum Gasteiger partial charge on any atom is -0.361 e. The number of nitrogens with zero attached hydrogens (tertiary/aromatic N) is 3. The largest absolute Gasteiger partial charge is 0.361 e. The molecule has 6 nitrogen and oxygen atoms in total. The number of allylic oxidation sites excluding steroid dienone is 2. The number of aromatic amines is 3. The topological polar surface area (TPSA) is 85.5 Å². The van der Waals surface area contributed by atoms with Crippen LogP contribution in [-0.2, 0) is 0 Å². The van der Waals surface area contributed by atoms with Crippen LogP contribution in [0.25, 0.3) is 96.5 Å². The third kappa shape index (κ3) is 6.61. The fourth-order valence-electron chi connectivity index (χ4n) is 8.64. The van der Waals surface area contributed by atoms with Crippen molar-refractivity contribution in [3.05, 3.63) is 209 Å². The van der Waals surface area contributed by atoms with Crippen LogP contribution in [0.5, 0.6) is 0 Å². The van der Waals surface area contributed by atoms with Crippen LogP contribution in [-0.4, -0.2) is 31.1 Å². The van der Waals surface area contributed by atoms with E-state index in [1.807, 2.05) is 24.6 Å². The van der Waals surface area contributed by atoms with Gasteiger partial charge in [-0.1, -0.05) is 114 Å². The number of aryl methyl sites for hydroxylation is 2. The summed E-state index contributed by atoms with van der Waals surface area (Å²) in [6.45, 7) is 4.24. The van der Waals surface area contributed by atoms with Gasteiger partial charge in [0.25, 0.3) is 0 Å². The van der Waals surface area contributed by atoms with Crippen LogP contribution in [0.2, 0.25) is 0 Å². The second-order valence-electron chi connectivity index (χ2n) is 15.7. The molecule has 8 bridgehead atoms. The second kappa shape index (κ2) is 14.9. The summed E-state index contributed by atoms with van der Waals surface area (Å²) in [5.41, 5.74) is 22.2. The quantitative estimate of drug-likeness (QED) is 0.157. The van der Waals surface area contributed by atoms with E-state index in [9.17, 15) is 0 Å². The van der Waals surface area contributed by atoms with E-state index >= 15 is 0 Å². The van der Waals surface area contributed by atoms with E-state index in [1.165, 1.54) is 11.1 Å². The van der Waals surface area contributed by atoms with Crippen molar-refractivity contribution in [3.63, 3.8) is 0 Å². The first kappa shape index (κ1) is 36.0. The molecule has 0 radical (unpaired) electrons.